The lowest BCUT2D eigenvalue weighted by Crippen LogP contribution is -2.08. The lowest BCUT2D eigenvalue weighted by atomic mass is 10.0. The zero-order chi connectivity index (χ0) is 16.2. The van der Waals surface area contributed by atoms with E-state index in [1.54, 1.807) is 24.3 Å². The Kier molecular flexibility index (Phi) is 3.80. The molecule has 0 fully saturated rings. The molecule has 23 heavy (non-hydrogen) atoms. The molecule has 3 rings (SSSR count). The van der Waals surface area contributed by atoms with E-state index in [1.807, 2.05) is 6.07 Å². The summed E-state index contributed by atoms with van der Waals surface area (Å²) in [6, 6.07) is 8.74. The molecule has 0 radical (unpaired) electrons. The molecule has 2 aromatic heterocycles. The summed E-state index contributed by atoms with van der Waals surface area (Å²) in [5, 5.41) is 23.7. The number of hydrogen-bond acceptors (Lipinski definition) is 8. The van der Waals surface area contributed by atoms with E-state index < -0.39 is 5.97 Å². The molecular formula is C14H10N6O3. The zero-order valence-electron chi connectivity index (χ0n) is 12.0. The summed E-state index contributed by atoms with van der Waals surface area (Å²) in [5.74, 6) is -0.326. The number of carbonyl (C=O) groups excluding carboxylic acids is 1. The predicted molar refractivity (Wildman–Crippen MR) is 74.9 cm³/mol. The Hall–Kier alpha value is -3.54. The number of nitriles is 1. The molecule has 0 aliphatic carbocycles. The molecule has 1 aromatic carbocycles. The Morgan fingerprint density at radius 1 is 1.48 bits per heavy atom. The minimum Gasteiger partial charge on any atom is -0.465 e. The van der Waals surface area contributed by atoms with E-state index in [2.05, 4.69) is 20.7 Å². The minimum atomic E-state index is -0.591. The lowest BCUT2D eigenvalue weighted by molar-refractivity contribution is 0.0598. The molecule has 3 aromatic rings. The number of nitrogens with zero attached hydrogens (tertiary/aromatic N) is 6. The van der Waals surface area contributed by atoms with Crippen molar-refractivity contribution in [3.05, 3.63) is 47.5 Å². The van der Waals surface area contributed by atoms with Crippen LogP contribution in [0, 0.1) is 11.3 Å². The summed E-state index contributed by atoms with van der Waals surface area (Å²) in [6.45, 7) is 0.127. The van der Waals surface area contributed by atoms with Gasteiger partial charge in [0, 0.05) is 5.56 Å². The number of rotatable bonds is 4. The van der Waals surface area contributed by atoms with E-state index >= 15 is 0 Å². The molecule has 0 aliphatic rings. The Balaban J connectivity index is 2.08. The number of hydrogen-bond donors (Lipinski definition) is 0. The van der Waals surface area contributed by atoms with Crippen molar-refractivity contribution in [2.75, 3.05) is 7.11 Å². The van der Waals surface area contributed by atoms with Crippen molar-refractivity contribution in [1.29, 1.82) is 5.26 Å². The van der Waals surface area contributed by atoms with Gasteiger partial charge >= 0.3 is 5.97 Å². The fraction of sp³-hybridized carbons (Fsp3) is 0.143. The molecule has 9 nitrogen and oxygen atoms in total. The molecule has 0 N–H and O–H groups in total. The number of carbonyl (C=O) groups is 1. The van der Waals surface area contributed by atoms with Crippen molar-refractivity contribution in [3.8, 4) is 17.3 Å². The largest absolute Gasteiger partial charge is 0.465 e. The van der Waals surface area contributed by atoms with Crippen LogP contribution in [0.4, 0.5) is 0 Å². The van der Waals surface area contributed by atoms with Gasteiger partial charge in [0.25, 0.3) is 0 Å². The average Bonchev–Trinajstić information content (AvgIpc) is 3.24. The first-order chi connectivity index (χ1) is 11.2. The van der Waals surface area contributed by atoms with Gasteiger partial charge in [-0.3, -0.25) is 0 Å². The van der Waals surface area contributed by atoms with Gasteiger partial charge in [0.05, 0.1) is 18.7 Å². The third-order valence-corrected chi connectivity index (χ3v) is 3.11. The van der Waals surface area contributed by atoms with Gasteiger partial charge in [0.2, 0.25) is 0 Å². The molecule has 0 saturated carbocycles. The normalized spacial score (nSPS) is 10.3. The van der Waals surface area contributed by atoms with Gasteiger partial charge in [0.15, 0.2) is 5.76 Å². The van der Waals surface area contributed by atoms with Crippen molar-refractivity contribution < 1.29 is 14.1 Å². The third-order valence-electron chi connectivity index (χ3n) is 3.11. The molecule has 2 heterocycles. The third kappa shape index (κ3) is 2.77. The first kappa shape index (κ1) is 14.4. The smallest absolute Gasteiger partial charge is 0.343 e. The second kappa shape index (κ2) is 6.07. The zero-order valence-corrected chi connectivity index (χ0v) is 12.0. The summed E-state index contributed by atoms with van der Waals surface area (Å²) in [6.07, 6.45) is 1.39. The van der Waals surface area contributed by atoms with E-state index in [0.29, 0.717) is 16.8 Å². The standard InChI is InChI=1S/C14H10N6O3/c1-22-14(21)12-11(7-20-8-16-18-19-20)23-17-13(12)10-4-2-3-9(5-10)6-15/h2-5,8H,7H2,1H3. The van der Waals surface area contributed by atoms with Crippen LogP contribution >= 0.6 is 0 Å². The summed E-state index contributed by atoms with van der Waals surface area (Å²) >= 11 is 0. The number of ether oxygens (including phenoxy) is 1. The first-order valence-electron chi connectivity index (χ1n) is 6.51. The Morgan fingerprint density at radius 2 is 2.35 bits per heavy atom. The number of aromatic nitrogens is 5. The highest BCUT2D eigenvalue weighted by molar-refractivity contribution is 5.97. The monoisotopic (exact) mass is 310 g/mol. The summed E-state index contributed by atoms with van der Waals surface area (Å²) < 4.78 is 11.5. The van der Waals surface area contributed by atoms with Crippen molar-refractivity contribution in [2.45, 2.75) is 6.54 Å². The van der Waals surface area contributed by atoms with Crippen molar-refractivity contribution in [2.24, 2.45) is 0 Å². The maximum atomic E-state index is 12.1. The van der Waals surface area contributed by atoms with Gasteiger partial charge in [-0.05, 0) is 22.6 Å². The number of tetrazole rings is 1. The Morgan fingerprint density at radius 3 is 3.04 bits per heavy atom. The maximum Gasteiger partial charge on any atom is 0.343 e. The van der Waals surface area contributed by atoms with Crippen LogP contribution in [-0.2, 0) is 11.3 Å². The van der Waals surface area contributed by atoms with Gasteiger partial charge in [-0.2, -0.15) is 5.26 Å². The first-order valence-corrected chi connectivity index (χ1v) is 6.51. The summed E-state index contributed by atoms with van der Waals surface area (Å²) in [5.41, 5.74) is 1.51. The predicted octanol–water partition coefficient (Wildman–Crippen LogP) is 1.03. The molecule has 0 amide bonds. The molecule has 0 spiro atoms. The topological polar surface area (TPSA) is 120 Å². The van der Waals surface area contributed by atoms with Crippen LogP contribution in [0.1, 0.15) is 21.7 Å². The molecule has 0 bridgehead atoms. The van der Waals surface area contributed by atoms with Gasteiger partial charge in [-0.15, -0.1) is 5.10 Å². The molecule has 0 unspecified atom stereocenters. The summed E-state index contributed by atoms with van der Waals surface area (Å²) in [7, 11) is 1.27. The van der Waals surface area contributed by atoms with E-state index in [4.69, 9.17) is 14.5 Å². The maximum absolute atomic E-state index is 12.1. The van der Waals surface area contributed by atoms with Gasteiger partial charge < -0.3 is 9.26 Å². The number of benzene rings is 1. The van der Waals surface area contributed by atoms with Crippen LogP contribution in [0.25, 0.3) is 11.3 Å². The lowest BCUT2D eigenvalue weighted by Gasteiger charge is -2.02. The quantitative estimate of drug-likeness (QED) is 0.655. The van der Waals surface area contributed by atoms with Crippen LogP contribution in [0.3, 0.4) is 0 Å². The Labute approximate surface area is 130 Å². The van der Waals surface area contributed by atoms with E-state index in [1.165, 1.54) is 18.1 Å². The molecule has 0 atom stereocenters. The van der Waals surface area contributed by atoms with Crippen molar-refractivity contribution in [1.82, 2.24) is 25.4 Å². The molecule has 9 heteroatoms. The van der Waals surface area contributed by atoms with E-state index in [9.17, 15) is 4.79 Å². The second-order valence-electron chi connectivity index (χ2n) is 4.52. The second-order valence-corrected chi connectivity index (χ2v) is 4.52. The van der Waals surface area contributed by atoms with Gasteiger partial charge in [-0.25, -0.2) is 9.48 Å². The average molecular weight is 310 g/mol. The molecule has 0 saturated heterocycles. The van der Waals surface area contributed by atoms with Crippen LogP contribution in [-0.4, -0.2) is 38.4 Å². The highest BCUT2D eigenvalue weighted by Gasteiger charge is 2.25. The van der Waals surface area contributed by atoms with Gasteiger partial charge in [-0.1, -0.05) is 17.3 Å². The summed E-state index contributed by atoms with van der Waals surface area (Å²) in [4.78, 5) is 12.1. The molecular weight excluding hydrogens is 300 g/mol. The highest BCUT2D eigenvalue weighted by atomic mass is 16.5. The van der Waals surface area contributed by atoms with E-state index in [-0.39, 0.29) is 17.9 Å². The SMILES string of the molecule is COC(=O)c1c(-c2cccc(C#N)c2)noc1Cn1cnnn1. The fourth-order valence-electron chi connectivity index (χ4n) is 2.08. The Bertz CT molecular complexity index is 878. The van der Waals surface area contributed by atoms with E-state index in [0.717, 1.165) is 0 Å². The van der Waals surface area contributed by atoms with Crippen molar-refractivity contribution in [3.63, 3.8) is 0 Å². The fourth-order valence-corrected chi connectivity index (χ4v) is 2.08. The molecule has 114 valence electrons. The highest BCUT2D eigenvalue weighted by Crippen LogP contribution is 2.27. The van der Waals surface area contributed by atoms with Crippen LogP contribution in [0.15, 0.2) is 35.1 Å². The van der Waals surface area contributed by atoms with Crippen LogP contribution in [0.2, 0.25) is 0 Å². The number of methoxy groups -OCH3 is 1. The molecule has 0 aliphatic heterocycles. The van der Waals surface area contributed by atoms with Crippen LogP contribution in [0.5, 0.6) is 0 Å². The van der Waals surface area contributed by atoms with Gasteiger partial charge in [0.1, 0.15) is 24.1 Å². The number of esters is 1. The van der Waals surface area contributed by atoms with Crippen molar-refractivity contribution >= 4 is 5.97 Å². The minimum absolute atomic E-state index is 0.127. The van der Waals surface area contributed by atoms with Crippen LogP contribution < -0.4 is 0 Å².